The zero-order chi connectivity index (χ0) is 21.0. The molecule has 0 aromatic heterocycles. The highest BCUT2D eigenvalue weighted by Gasteiger charge is 2.24. The van der Waals surface area contributed by atoms with E-state index in [1.54, 1.807) is 32.4 Å². The van der Waals surface area contributed by atoms with Gasteiger partial charge in [-0.2, -0.15) is 0 Å². The number of nitrogens with zero attached hydrogens (tertiary/aromatic N) is 2. The third kappa shape index (κ3) is 5.11. The first-order chi connectivity index (χ1) is 13.8. The van der Waals surface area contributed by atoms with Gasteiger partial charge in [-0.15, -0.1) is 0 Å². The summed E-state index contributed by atoms with van der Waals surface area (Å²) in [5.41, 5.74) is 1.26. The molecule has 0 saturated heterocycles. The molecule has 2 aromatic carbocycles. The van der Waals surface area contributed by atoms with Crippen molar-refractivity contribution < 1.29 is 27.4 Å². The van der Waals surface area contributed by atoms with Crippen molar-refractivity contribution in [1.29, 1.82) is 0 Å². The number of carbonyl (C=O) groups is 1. The van der Waals surface area contributed by atoms with E-state index in [1.807, 2.05) is 24.3 Å². The molecule has 0 N–H and O–H groups in total. The van der Waals surface area contributed by atoms with E-state index < -0.39 is 10.0 Å². The summed E-state index contributed by atoms with van der Waals surface area (Å²) >= 11 is 0. The topological polar surface area (TPSA) is 85.4 Å². The molecule has 0 unspecified atom stereocenters. The van der Waals surface area contributed by atoms with E-state index in [0.717, 1.165) is 21.9 Å². The quantitative estimate of drug-likeness (QED) is 0.680. The summed E-state index contributed by atoms with van der Waals surface area (Å²) < 4.78 is 41.9. The first kappa shape index (κ1) is 20.8. The highest BCUT2D eigenvalue weighted by molar-refractivity contribution is 7.92. The normalized spacial score (nSPS) is 12.9. The molecule has 0 spiro atoms. The molecule has 29 heavy (non-hydrogen) atoms. The van der Waals surface area contributed by atoms with Gasteiger partial charge in [0.25, 0.3) is 0 Å². The lowest BCUT2D eigenvalue weighted by Crippen LogP contribution is -2.41. The third-order valence-electron chi connectivity index (χ3n) is 4.50. The summed E-state index contributed by atoms with van der Waals surface area (Å²) in [6.07, 6.45) is 1.07. The zero-order valence-electron chi connectivity index (χ0n) is 16.6. The number of rotatable bonds is 7. The van der Waals surface area contributed by atoms with Gasteiger partial charge in [-0.3, -0.25) is 9.10 Å². The van der Waals surface area contributed by atoms with Crippen LogP contribution >= 0.6 is 0 Å². The summed E-state index contributed by atoms with van der Waals surface area (Å²) in [5.74, 6) is 1.41. The number of hydrogen-bond donors (Lipinski definition) is 0. The van der Waals surface area contributed by atoms with Crippen molar-refractivity contribution in [3.8, 4) is 17.2 Å². The number of carbonyl (C=O) groups excluding carboxylic acids is 1. The molecule has 0 atom stereocenters. The molecule has 1 amide bonds. The largest absolute Gasteiger partial charge is 0.497 e. The SMILES string of the molecule is COc1ccc(CN(C)C(=O)CN(c2ccc3c(c2)OCCO3)S(C)(=O)=O)cc1. The van der Waals surface area contributed by atoms with E-state index in [0.29, 0.717) is 36.9 Å². The van der Waals surface area contributed by atoms with Crippen LogP contribution in [0.1, 0.15) is 5.56 Å². The fourth-order valence-electron chi connectivity index (χ4n) is 2.92. The van der Waals surface area contributed by atoms with Crippen molar-refractivity contribution in [1.82, 2.24) is 4.90 Å². The van der Waals surface area contributed by atoms with Crippen LogP contribution < -0.4 is 18.5 Å². The number of hydrogen-bond acceptors (Lipinski definition) is 6. The smallest absolute Gasteiger partial charge is 0.243 e. The van der Waals surface area contributed by atoms with Crippen molar-refractivity contribution in [2.75, 3.05) is 44.5 Å². The van der Waals surface area contributed by atoms with Gasteiger partial charge in [-0.25, -0.2) is 8.42 Å². The first-order valence-electron chi connectivity index (χ1n) is 9.02. The number of likely N-dealkylation sites (N-methyl/N-ethyl adjacent to an activating group) is 1. The fourth-order valence-corrected chi connectivity index (χ4v) is 3.77. The standard InChI is InChI=1S/C20H24N2O6S/c1-21(13-15-4-7-17(26-2)8-5-15)20(23)14-22(29(3,24)25)16-6-9-18-19(12-16)28-11-10-27-18/h4-9,12H,10-11,13-14H2,1-3H3. The second kappa shape index (κ2) is 8.60. The highest BCUT2D eigenvalue weighted by Crippen LogP contribution is 2.34. The minimum atomic E-state index is -3.68. The number of anilines is 1. The molecule has 2 aromatic rings. The van der Waals surface area contributed by atoms with Crippen molar-refractivity contribution in [3.05, 3.63) is 48.0 Å². The van der Waals surface area contributed by atoms with Gasteiger partial charge in [0.2, 0.25) is 15.9 Å². The molecule has 1 aliphatic rings. The number of benzene rings is 2. The average molecular weight is 420 g/mol. The Labute approximate surface area is 170 Å². The van der Waals surface area contributed by atoms with Gasteiger partial charge >= 0.3 is 0 Å². The predicted molar refractivity (Wildman–Crippen MR) is 109 cm³/mol. The van der Waals surface area contributed by atoms with Crippen LogP contribution in [0.2, 0.25) is 0 Å². The van der Waals surface area contributed by atoms with Crippen LogP contribution in [0.3, 0.4) is 0 Å². The van der Waals surface area contributed by atoms with E-state index in [2.05, 4.69) is 0 Å². The molecule has 9 heteroatoms. The molecule has 1 heterocycles. The maximum absolute atomic E-state index is 12.7. The van der Waals surface area contributed by atoms with Crippen molar-refractivity contribution in [2.45, 2.75) is 6.54 Å². The Balaban J connectivity index is 1.75. The maximum Gasteiger partial charge on any atom is 0.243 e. The minimum absolute atomic E-state index is 0.314. The van der Waals surface area contributed by atoms with Gasteiger partial charge in [0, 0.05) is 19.7 Å². The van der Waals surface area contributed by atoms with Gasteiger partial charge in [0.05, 0.1) is 19.1 Å². The summed E-state index contributed by atoms with van der Waals surface area (Å²) in [6, 6.07) is 12.2. The first-order valence-corrected chi connectivity index (χ1v) is 10.9. The fraction of sp³-hybridized carbons (Fsp3) is 0.350. The van der Waals surface area contributed by atoms with E-state index >= 15 is 0 Å². The Kier molecular flexibility index (Phi) is 6.17. The maximum atomic E-state index is 12.7. The van der Waals surface area contributed by atoms with Crippen molar-refractivity contribution in [3.63, 3.8) is 0 Å². The van der Waals surface area contributed by atoms with E-state index in [9.17, 15) is 13.2 Å². The Hall–Kier alpha value is -2.94. The lowest BCUT2D eigenvalue weighted by atomic mass is 10.2. The zero-order valence-corrected chi connectivity index (χ0v) is 17.4. The molecule has 0 fully saturated rings. The van der Waals surface area contributed by atoms with E-state index in [-0.39, 0.29) is 12.5 Å². The molecule has 0 radical (unpaired) electrons. The van der Waals surface area contributed by atoms with Crippen molar-refractivity contribution >= 4 is 21.6 Å². The Morgan fingerprint density at radius 1 is 1.07 bits per heavy atom. The van der Waals surface area contributed by atoms with Crippen molar-refractivity contribution in [2.24, 2.45) is 0 Å². The van der Waals surface area contributed by atoms with Gasteiger partial charge in [-0.1, -0.05) is 12.1 Å². The number of ether oxygens (including phenoxy) is 3. The third-order valence-corrected chi connectivity index (χ3v) is 5.64. The van der Waals surface area contributed by atoms with Crippen LogP contribution in [0.5, 0.6) is 17.2 Å². The van der Waals surface area contributed by atoms with Gasteiger partial charge in [-0.05, 0) is 29.8 Å². The Morgan fingerprint density at radius 3 is 2.34 bits per heavy atom. The summed E-state index contributed by atoms with van der Waals surface area (Å²) in [4.78, 5) is 14.2. The van der Waals surface area contributed by atoms with Crippen LogP contribution in [0.15, 0.2) is 42.5 Å². The van der Waals surface area contributed by atoms with Crippen LogP contribution in [0.25, 0.3) is 0 Å². The second-order valence-corrected chi connectivity index (χ2v) is 8.60. The summed E-state index contributed by atoms with van der Waals surface area (Å²) in [7, 11) is -0.461. The van der Waals surface area contributed by atoms with Gasteiger partial charge < -0.3 is 19.1 Å². The lowest BCUT2D eigenvalue weighted by Gasteiger charge is -2.26. The van der Waals surface area contributed by atoms with Crippen LogP contribution in [0.4, 0.5) is 5.69 Å². The predicted octanol–water partition coefficient (Wildman–Crippen LogP) is 1.89. The van der Waals surface area contributed by atoms with E-state index in [4.69, 9.17) is 14.2 Å². The Bertz CT molecular complexity index is 975. The average Bonchev–Trinajstić information content (AvgIpc) is 2.71. The second-order valence-electron chi connectivity index (χ2n) is 6.70. The molecule has 0 aliphatic carbocycles. The molecule has 8 nitrogen and oxygen atoms in total. The number of fused-ring (bicyclic) bond motifs is 1. The minimum Gasteiger partial charge on any atom is -0.497 e. The van der Waals surface area contributed by atoms with Gasteiger partial charge in [0.15, 0.2) is 11.5 Å². The summed E-state index contributed by atoms with van der Waals surface area (Å²) in [5, 5.41) is 0. The monoisotopic (exact) mass is 420 g/mol. The van der Waals surface area contributed by atoms with Crippen LogP contribution in [-0.4, -0.2) is 59.4 Å². The molecule has 1 aliphatic heterocycles. The molecular weight excluding hydrogens is 396 g/mol. The Morgan fingerprint density at radius 2 is 1.72 bits per heavy atom. The van der Waals surface area contributed by atoms with Crippen LogP contribution in [-0.2, 0) is 21.4 Å². The highest BCUT2D eigenvalue weighted by atomic mass is 32.2. The van der Waals surface area contributed by atoms with Gasteiger partial charge in [0.1, 0.15) is 25.5 Å². The van der Waals surface area contributed by atoms with Crippen LogP contribution in [0, 0.1) is 0 Å². The lowest BCUT2D eigenvalue weighted by molar-refractivity contribution is -0.128. The molecule has 0 saturated carbocycles. The summed E-state index contributed by atoms with van der Waals surface area (Å²) in [6.45, 7) is 0.863. The molecule has 0 bridgehead atoms. The number of amides is 1. The molecule has 3 rings (SSSR count). The number of sulfonamides is 1. The van der Waals surface area contributed by atoms with E-state index in [1.165, 1.54) is 4.90 Å². The molecular formula is C20H24N2O6S. The number of methoxy groups -OCH3 is 1. The molecule has 156 valence electrons.